The molecule has 0 aliphatic carbocycles. The van der Waals surface area contributed by atoms with Crippen molar-refractivity contribution in [3.8, 4) is 0 Å². The lowest BCUT2D eigenvalue weighted by Crippen LogP contribution is -2.30. The molecule has 6 nitrogen and oxygen atoms in total. The summed E-state index contributed by atoms with van der Waals surface area (Å²) in [5.74, 6) is -3.77. The minimum absolute atomic E-state index is 0.604. The van der Waals surface area contributed by atoms with Crippen LogP contribution in [0.3, 0.4) is 0 Å². The van der Waals surface area contributed by atoms with Crippen LogP contribution in [0.2, 0.25) is 0 Å². The summed E-state index contributed by atoms with van der Waals surface area (Å²) < 4.78 is 39.4. The summed E-state index contributed by atoms with van der Waals surface area (Å²) in [6, 6.07) is -0.824. The summed E-state index contributed by atoms with van der Waals surface area (Å²) >= 11 is 0. The normalized spacial score (nSPS) is 11.1. The molecule has 0 aliphatic heterocycles. The molecule has 0 bridgehead atoms. The van der Waals surface area contributed by atoms with E-state index in [1.807, 2.05) is 0 Å². The second-order valence-electron chi connectivity index (χ2n) is 2.29. The zero-order valence-corrected chi connectivity index (χ0v) is 6.83. The van der Waals surface area contributed by atoms with Crippen LogP contribution in [0.5, 0.6) is 0 Å². The highest BCUT2D eigenvalue weighted by atomic mass is 19.4. The molecule has 2 N–H and O–H groups in total. The van der Waals surface area contributed by atoms with Gasteiger partial charge in [-0.15, -0.1) is 0 Å². The van der Waals surface area contributed by atoms with Gasteiger partial charge in [0.05, 0.1) is 0 Å². The van der Waals surface area contributed by atoms with Gasteiger partial charge in [-0.05, 0) is 0 Å². The topological polar surface area (TPSA) is 92.4 Å². The van der Waals surface area contributed by atoms with Gasteiger partial charge in [-0.25, -0.2) is 4.79 Å². The Kier molecular flexibility index (Phi) is 2.64. The highest BCUT2D eigenvalue weighted by Crippen LogP contribution is 2.17. The molecule has 0 saturated carbocycles. The highest BCUT2D eigenvalue weighted by Gasteiger charge is 2.39. The molecule has 0 saturated heterocycles. The summed E-state index contributed by atoms with van der Waals surface area (Å²) in [6.45, 7) is 0. The number of carbonyl (C=O) groups is 2. The number of carboxylic acid groups (broad SMARTS) is 1. The predicted molar refractivity (Wildman–Crippen MR) is 38.1 cm³/mol. The maximum Gasteiger partial charge on any atom is 0.471 e. The molecule has 0 atom stereocenters. The predicted octanol–water partition coefficient (Wildman–Crippen LogP) is 0.874. The summed E-state index contributed by atoms with van der Waals surface area (Å²) in [4.78, 5) is 23.6. The zero-order valence-electron chi connectivity index (χ0n) is 6.83. The van der Waals surface area contributed by atoms with Gasteiger partial charge in [-0.3, -0.25) is 10.1 Å². The van der Waals surface area contributed by atoms with Crippen molar-refractivity contribution in [3.05, 3.63) is 12.0 Å². The average molecular weight is 224 g/mol. The third-order valence-corrected chi connectivity index (χ3v) is 1.20. The monoisotopic (exact) mass is 224 g/mol. The third-order valence-electron chi connectivity index (χ3n) is 1.20. The van der Waals surface area contributed by atoms with E-state index in [-0.39, 0.29) is 0 Å². The molecule has 82 valence electrons. The zero-order chi connectivity index (χ0) is 11.6. The van der Waals surface area contributed by atoms with Gasteiger partial charge in [0.1, 0.15) is 6.26 Å². The number of aromatic nitrogens is 1. The van der Waals surface area contributed by atoms with Crippen molar-refractivity contribution in [2.75, 3.05) is 5.32 Å². The van der Waals surface area contributed by atoms with Gasteiger partial charge >= 0.3 is 24.1 Å². The number of nitrogens with zero attached hydrogens (tertiary/aromatic N) is 1. The van der Waals surface area contributed by atoms with Crippen LogP contribution >= 0.6 is 0 Å². The molecule has 0 unspecified atom stereocenters. The van der Waals surface area contributed by atoms with Crippen molar-refractivity contribution < 1.29 is 32.3 Å². The van der Waals surface area contributed by atoms with E-state index in [1.165, 1.54) is 5.32 Å². The number of aromatic carboxylic acids is 1. The van der Waals surface area contributed by atoms with Gasteiger partial charge in [0.2, 0.25) is 0 Å². The van der Waals surface area contributed by atoms with Gasteiger partial charge in [0.15, 0.2) is 5.69 Å². The first-order valence-electron chi connectivity index (χ1n) is 3.37. The molecule has 0 fully saturated rings. The lowest BCUT2D eigenvalue weighted by Gasteiger charge is -2.03. The van der Waals surface area contributed by atoms with E-state index in [4.69, 9.17) is 5.11 Å². The average Bonchev–Trinajstić information content (AvgIpc) is 2.50. The minimum Gasteiger partial charge on any atom is -0.476 e. The number of alkyl halides is 3. The molecule has 0 aromatic carbocycles. The maximum atomic E-state index is 11.7. The molecule has 0 aliphatic rings. The number of halogens is 3. The van der Waals surface area contributed by atoms with Crippen LogP contribution in [0.4, 0.5) is 19.2 Å². The maximum absolute atomic E-state index is 11.7. The molecule has 0 radical (unpaired) electrons. The van der Waals surface area contributed by atoms with E-state index < -0.39 is 29.8 Å². The number of hydrogen-bond acceptors (Lipinski definition) is 4. The lowest BCUT2D eigenvalue weighted by molar-refractivity contribution is -0.167. The molecule has 1 amide bonds. The molecular weight excluding hydrogens is 221 g/mol. The van der Waals surface area contributed by atoms with Crippen LogP contribution in [-0.4, -0.2) is 28.1 Å². The number of rotatable bonds is 2. The Bertz CT molecular complexity index is 397. The largest absolute Gasteiger partial charge is 0.476 e. The standard InChI is InChI=1S/C6H3F3N2O4/c7-6(8,9)4(14)11-5-10-2(1-15-5)3(12)13/h1H,(H,12,13)(H,10,11,14). The summed E-state index contributed by atoms with van der Waals surface area (Å²) in [7, 11) is 0. The number of hydrogen-bond donors (Lipinski definition) is 2. The third kappa shape index (κ3) is 2.69. The molecule has 15 heavy (non-hydrogen) atoms. The van der Waals surface area contributed by atoms with E-state index in [0.717, 1.165) is 0 Å². The summed E-state index contributed by atoms with van der Waals surface area (Å²) in [6.07, 6.45) is -4.48. The fraction of sp³-hybridized carbons (Fsp3) is 0.167. The highest BCUT2D eigenvalue weighted by molar-refractivity contribution is 5.93. The van der Waals surface area contributed by atoms with Crippen molar-refractivity contribution in [3.63, 3.8) is 0 Å². The Hall–Kier alpha value is -2.06. The second kappa shape index (κ2) is 3.59. The van der Waals surface area contributed by atoms with Crippen molar-refractivity contribution in [1.82, 2.24) is 4.98 Å². The Morgan fingerprint density at radius 2 is 2.07 bits per heavy atom. The molecule has 1 aromatic rings. The summed E-state index contributed by atoms with van der Waals surface area (Å²) in [5.41, 5.74) is -0.604. The first kappa shape index (κ1) is 11.0. The Morgan fingerprint density at radius 3 is 2.47 bits per heavy atom. The van der Waals surface area contributed by atoms with Crippen molar-refractivity contribution in [2.24, 2.45) is 0 Å². The smallest absolute Gasteiger partial charge is 0.471 e. The van der Waals surface area contributed by atoms with Gasteiger partial charge in [0, 0.05) is 0 Å². The fourth-order valence-corrected chi connectivity index (χ4v) is 0.597. The number of carboxylic acids is 1. The quantitative estimate of drug-likeness (QED) is 0.777. The van der Waals surface area contributed by atoms with Crippen LogP contribution in [0.25, 0.3) is 0 Å². The summed E-state index contributed by atoms with van der Waals surface area (Å²) in [5, 5.41) is 9.59. The van der Waals surface area contributed by atoms with Crippen LogP contribution < -0.4 is 5.32 Å². The lowest BCUT2D eigenvalue weighted by atomic mass is 10.5. The molecule has 1 rings (SSSR count). The van der Waals surface area contributed by atoms with Crippen LogP contribution in [-0.2, 0) is 4.79 Å². The van der Waals surface area contributed by atoms with E-state index >= 15 is 0 Å². The van der Waals surface area contributed by atoms with Gasteiger partial charge < -0.3 is 9.52 Å². The number of carbonyl (C=O) groups excluding carboxylic acids is 1. The van der Waals surface area contributed by atoms with Crippen molar-refractivity contribution >= 4 is 17.9 Å². The second-order valence-corrected chi connectivity index (χ2v) is 2.29. The van der Waals surface area contributed by atoms with E-state index in [2.05, 4.69) is 9.40 Å². The number of amides is 1. The molecule has 9 heteroatoms. The first-order valence-corrected chi connectivity index (χ1v) is 3.37. The van der Waals surface area contributed by atoms with Gasteiger partial charge in [-0.2, -0.15) is 18.2 Å². The Labute approximate surface area is 79.7 Å². The van der Waals surface area contributed by atoms with Crippen molar-refractivity contribution in [1.29, 1.82) is 0 Å². The van der Waals surface area contributed by atoms with Crippen molar-refractivity contribution in [2.45, 2.75) is 6.18 Å². The minimum atomic E-state index is -5.09. The molecule has 1 aromatic heterocycles. The van der Waals surface area contributed by atoms with Crippen LogP contribution in [0, 0.1) is 0 Å². The number of nitrogens with one attached hydrogen (secondary N) is 1. The van der Waals surface area contributed by atoms with E-state index in [9.17, 15) is 22.8 Å². The SMILES string of the molecule is O=C(O)c1coc(NC(=O)C(F)(F)F)n1. The number of anilines is 1. The van der Waals surface area contributed by atoms with Gasteiger partial charge in [-0.1, -0.05) is 0 Å². The molecule has 0 spiro atoms. The van der Waals surface area contributed by atoms with E-state index in [1.54, 1.807) is 0 Å². The molecule has 1 heterocycles. The first-order chi connectivity index (χ1) is 6.80. The fourth-order valence-electron chi connectivity index (χ4n) is 0.597. The van der Waals surface area contributed by atoms with E-state index in [0.29, 0.717) is 6.26 Å². The van der Waals surface area contributed by atoms with Crippen LogP contribution in [0.1, 0.15) is 10.5 Å². The molecular formula is C6H3F3N2O4. The Morgan fingerprint density at radius 1 is 1.47 bits per heavy atom. The van der Waals surface area contributed by atoms with Gasteiger partial charge in [0.25, 0.3) is 0 Å². The van der Waals surface area contributed by atoms with Crippen LogP contribution in [0.15, 0.2) is 10.7 Å². The Balaban J connectivity index is 2.74. The number of oxazole rings is 1.